The summed E-state index contributed by atoms with van der Waals surface area (Å²) in [5.41, 5.74) is 2.01. The number of nitrogens with zero attached hydrogens (tertiary/aromatic N) is 2. The second-order valence-corrected chi connectivity index (χ2v) is 7.93. The Morgan fingerprint density at radius 3 is 3.00 bits per heavy atom. The highest BCUT2D eigenvalue weighted by atomic mass is 32.1. The van der Waals surface area contributed by atoms with Crippen LogP contribution in [0.15, 0.2) is 24.3 Å². The number of carbonyl (C=O) groups is 1. The zero-order chi connectivity index (χ0) is 17.2. The topological polar surface area (TPSA) is 45.2 Å². The maximum atomic E-state index is 13.5. The minimum atomic E-state index is -0.238. The molecule has 1 saturated heterocycles. The molecule has 2 aromatic rings. The Labute approximate surface area is 151 Å². The first-order chi connectivity index (χ1) is 12.2. The van der Waals surface area contributed by atoms with Crippen molar-refractivity contribution in [2.75, 3.05) is 23.3 Å². The smallest absolute Gasteiger partial charge is 0.231 e. The molecule has 25 heavy (non-hydrogen) atoms. The van der Waals surface area contributed by atoms with Crippen molar-refractivity contribution in [1.29, 1.82) is 0 Å². The minimum Gasteiger partial charge on any atom is -0.371 e. The number of halogens is 1. The Morgan fingerprint density at radius 1 is 1.28 bits per heavy atom. The number of piperidine rings is 1. The fraction of sp³-hybridized carbons (Fsp3) is 0.474. The van der Waals surface area contributed by atoms with Gasteiger partial charge in [-0.15, -0.1) is 11.3 Å². The second-order valence-electron chi connectivity index (χ2n) is 6.85. The van der Waals surface area contributed by atoms with Crippen LogP contribution in [0.2, 0.25) is 0 Å². The van der Waals surface area contributed by atoms with Crippen molar-refractivity contribution in [2.45, 2.75) is 38.5 Å². The van der Waals surface area contributed by atoms with E-state index in [2.05, 4.69) is 15.2 Å². The lowest BCUT2D eigenvalue weighted by Crippen LogP contribution is -2.40. The summed E-state index contributed by atoms with van der Waals surface area (Å²) in [5, 5.41) is 3.76. The predicted octanol–water partition coefficient (Wildman–Crippen LogP) is 4.02. The number of carbonyl (C=O) groups excluding carboxylic acids is 1. The van der Waals surface area contributed by atoms with E-state index < -0.39 is 0 Å². The molecule has 1 atom stereocenters. The largest absolute Gasteiger partial charge is 0.371 e. The van der Waals surface area contributed by atoms with E-state index in [0.29, 0.717) is 6.54 Å². The third kappa shape index (κ3) is 3.68. The van der Waals surface area contributed by atoms with Gasteiger partial charge in [-0.25, -0.2) is 9.37 Å². The van der Waals surface area contributed by atoms with Gasteiger partial charge < -0.3 is 10.2 Å². The summed E-state index contributed by atoms with van der Waals surface area (Å²) in [4.78, 5) is 20.7. The van der Waals surface area contributed by atoms with E-state index in [1.807, 2.05) is 6.07 Å². The van der Waals surface area contributed by atoms with Crippen LogP contribution in [0.5, 0.6) is 0 Å². The molecule has 1 aliphatic carbocycles. The van der Waals surface area contributed by atoms with Gasteiger partial charge in [0.05, 0.1) is 11.6 Å². The molecule has 0 saturated carbocycles. The van der Waals surface area contributed by atoms with Crippen molar-refractivity contribution in [2.24, 2.45) is 5.92 Å². The number of benzene rings is 1. The van der Waals surface area contributed by atoms with Crippen LogP contribution in [0.25, 0.3) is 0 Å². The molecule has 6 heteroatoms. The molecule has 1 aromatic carbocycles. The minimum absolute atomic E-state index is 0.0344. The summed E-state index contributed by atoms with van der Waals surface area (Å²) < 4.78 is 13.5. The molecule has 4 nitrogen and oxygen atoms in total. The Hall–Kier alpha value is -1.95. The third-order valence-electron chi connectivity index (χ3n) is 5.04. The fourth-order valence-electron chi connectivity index (χ4n) is 3.71. The Kier molecular flexibility index (Phi) is 4.70. The SMILES string of the molecule is O=C(Nc1nc2c(s1)CCCC2)[C@@H]1CCCN(c2cccc(F)c2)C1. The predicted molar refractivity (Wildman–Crippen MR) is 98.7 cm³/mol. The highest BCUT2D eigenvalue weighted by molar-refractivity contribution is 7.15. The first-order valence-corrected chi connectivity index (χ1v) is 9.80. The van der Waals surface area contributed by atoms with Crippen LogP contribution in [-0.4, -0.2) is 24.0 Å². The van der Waals surface area contributed by atoms with Gasteiger partial charge in [-0.05, 0) is 56.7 Å². The van der Waals surface area contributed by atoms with Crippen LogP contribution in [0.4, 0.5) is 15.2 Å². The maximum Gasteiger partial charge on any atom is 0.231 e. The highest BCUT2D eigenvalue weighted by Crippen LogP contribution is 2.30. The van der Waals surface area contributed by atoms with E-state index >= 15 is 0 Å². The summed E-state index contributed by atoms with van der Waals surface area (Å²) in [7, 11) is 0. The van der Waals surface area contributed by atoms with Gasteiger partial charge in [0.25, 0.3) is 0 Å². The summed E-state index contributed by atoms with van der Waals surface area (Å²) in [6.07, 6.45) is 6.31. The van der Waals surface area contributed by atoms with Crippen molar-refractivity contribution < 1.29 is 9.18 Å². The molecule has 0 bridgehead atoms. The van der Waals surface area contributed by atoms with E-state index in [4.69, 9.17) is 0 Å². The number of hydrogen-bond donors (Lipinski definition) is 1. The molecule has 1 N–H and O–H groups in total. The van der Waals surface area contributed by atoms with E-state index in [1.165, 1.54) is 29.9 Å². The van der Waals surface area contributed by atoms with E-state index in [9.17, 15) is 9.18 Å². The second kappa shape index (κ2) is 7.12. The lowest BCUT2D eigenvalue weighted by atomic mass is 9.96. The highest BCUT2D eigenvalue weighted by Gasteiger charge is 2.27. The number of aromatic nitrogens is 1. The number of thiazole rings is 1. The quantitative estimate of drug-likeness (QED) is 0.900. The van der Waals surface area contributed by atoms with Crippen molar-refractivity contribution in [3.63, 3.8) is 0 Å². The normalized spacial score (nSPS) is 20.2. The lowest BCUT2D eigenvalue weighted by Gasteiger charge is -2.33. The molecule has 1 fully saturated rings. The third-order valence-corrected chi connectivity index (χ3v) is 6.11. The molecule has 0 unspecified atom stereocenters. The fourth-order valence-corrected chi connectivity index (χ4v) is 4.76. The van der Waals surface area contributed by atoms with Crippen molar-refractivity contribution in [1.82, 2.24) is 4.98 Å². The maximum absolute atomic E-state index is 13.5. The molecular formula is C19H22FN3OS. The summed E-state index contributed by atoms with van der Waals surface area (Å²) in [6.45, 7) is 1.49. The molecule has 4 rings (SSSR count). The van der Waals surface area contributed by atoms with Crippen LogP contribution < -0.4 is 10.2 Å². The molecule has 1 aromatic heterocycles. The van der Waals surface area contributed by atoms with Gasteiger partial charge >= 0.3 is 0 Å². The molecule has 2 aliphatic rings. The molecule has 1 aliphatic heterocycles. The van der Waals surface area contributed by atoms with Gasteiger partial charge in [0, 0.05) is 23.7 Å². The van der Waals surface area contributed by atoms with Gasteiger partial charge in [-0.1, -0.05) is 6.07 Å². The summed E-state index contributed by atoms with van der Waals surface area (Å²) in [6, 6.07) is 6.60. The number of anilines is 2. The molecule has 132 valence electrons. The Bertz CT molecular complexity index is 752. The van der Waals surface area contributed by atoms with Gasteiger partial charge in [0.15, 0.2) is 5.13 Å². The summed E-state index contributed by atoms with van der Waals surface area (Å²) in [5.74, 6) is -0.289. The van der Waals surface area contributed by atoms with Crippen LogP contribution in [0.3, 0.4) is 0 Å². The van der Waals surface area contributed by atoms with Gasteiger partial charge in [-0.2, -0.15) is 0 Å². The average molecular weight is 359 g/mol. The van der Waals surface area contributed by atoms with Crippen molar-refractivity contribution in [3.8, 4) is 0 Å². The zero-order valence-electron chi connectivity index (χ0n) is 14.1. The lowest BCUT2D eigenvalue weighted by molar-refractivity contribution is -0.120. The van der Waals surface area contributed by atoms with Gasteiger partial charge in [0.2, 0.25) is 5.91 Å². The Balaban J connectivity index is 1.42. The number of fused-ring (bicyclic) bond motifs is 1. The van der Waals surface area contributed by atoms with E-state index in [1.54, 1.807) is 17.4 Å². The number of hydrogen-bond acceptors (Lipinski definition) is 4. The molecule has 0 radical (unpaired) electrons. The average Bonchev–Trinajstić information content (AvgIpc) is 3.04. The van der Waals surface area contributed by atoms with Crippen molar-refractivity contribution >= 4 is 28.1 Å². The van der Waals surface area contributed by atoms with Crippen LogP contribution >= 0.6 is 11.3 Å². The monoisotopic (exact) mass is 359 g/mol. The first-order valence-electron chi connectivity index (χ1n) is 8.99. The number of aryl methyl sites for hydroxylation is 2. The van der Waals surface area contributed by atoms with Crippen LogP contribution in [-0.2, 0) is 17.6 Å². The molecule has 1 amide bonds. The molecule has 0 spiro atoms. The first kappa shape index (κ1) is 16.5. The molecule has 2 heterocycles. The van der Waals surface area contributed by atoms with Crippen LogP contribution in [0, 0.1) is 11.7 Å². The Morgan fingerprint density at radius 2 is 2.16 bits per heavy atom. The van der Waals surface area contributed by atoms with Gasteiger partial charge in [-0.3, -0.25) is 4.79 Å². The summed E-state index contributed by atoms with van der Waals surface area (Å²) >= 11 is 1.62. The standard InChI is InChI=1S/C19H22FN3OS/c20-14-6-3-7-15(11-14)23-10-4-5-13(12-23)18(24)22-19-21-16-8-1-2-9-17(16)25-19/h3,6-7,11,13H,1-2,4-5,8-10,12H2,(H,21,22,24)/t13-/m1/s1. The van der Waals surface area contributed by atoms with E-state index in [-0.39, 0.29) is 17.6 Å². The van der Waals surface area contributed by atoms with E-state index in [0.717, 1.165) is 48.7 Å². The number of rotatable bonds is 3. The zero-order valence-corrected chi connectivity index (χ0v) is 14.9. The molecular weight excluding hydrogens is 337 g/mol. The number of nitrogens with one attached hydrogen (secondary N) is 1. The van der Waals surface area contributed by atoms with Crippen LogP contribution in [0.1, 0.15) is 36.3 Å². The number of amides is 1. The van der Waals surface area contributed by atoms with Gasteiger partial charge in [0.1, 0.15) is 5.82 Å². The van der Waals surface area contributed by atoms with Crippen molar-refractivity contribution in [3.05, 3.63) is 40.7 Å².